The van der Waals surface area contributed by atoms with Gasteiger partial charge in [0, 0.05) is 12.0 Å². The van der Waals surface area contributed by atoms with E-state index in [1.54, 1.807) is 6.07 Å². The maximum Gasteiger partial charge on any atom is 0.200 e. The van der Waals surface area contributed by atoms with E-state index in [0.717, 1.165) is 16.7 Å². The fraction of sp³-hybridized carbons (Fsp3) is 0.333. The molecule has 0 aliphatic carbocycles. The van der Waals surface area contributed by atoms with Crippen LogP contribution in [-0.2, 0) is 9.84 Å². The first-order chi connectivity index (χ1) is 7.40. The van der Waals surface area contributed by atoms with Gasteiger partial charge in [0.2, 0.25) is 9.84 Å². The number of aryl methyl sites for hydroxylation is 1. The van der Waals surface area contributed by atoms with Gasteiger partial charge in [-0.15, -0.1) is 0 Å². The molecule has 0 unspecified atom stereocenters. The number of likely N-dealkylation sites (N-methyl/N-ethyl adjacent to an activating group) is 1. The van der Waals surface area contributed by atoms with E-state index in [9.17, 15) is 8.42 Å². The maximum absolute atomic E-state index is 11.9. The van der Waals surface area contributed by atoms with E-state index in [4.69, 9.17) is 0 Å². The molecule has 1 heterocycles. The van der Waals surface area contributed by atoms with E-state index in [1.807, 2.05) is 38.1 Å². The number of benzene rings is 1. The summed E-state index contributed by atoms with van der Waals surface area (Å²) in [5.74, 6) is 0. The van der Waals surface area contributed by atoms with Crippen molar-refractivity contribution < 1.29 is 8.42 Å². The number of sulfone groups is 1. The topological polar surface area (TPSA) is 37.4 Å². The molecule has 0 saturated carbocycles. The minimum atomic E-state index is -3.21. The van der Waals surface area contributed by atoms with Crippen LogP contribution >= 0.6 is 0 Å². The molecule has 0 spiro atoms. The molecule has 4 heteroatoms. The fourth-order valence-corrected chi connectivity index (χ4v) is 3.47. The smallest absolute Gasteiger partial charge is 0.200 e. The lowest BCUT2D eigenvalue weighted by Crippen LogP contribution is -2.13. The molecule has 1 aromatic carbocycles. The predicted molar refractivity (Wildman–Crippen MR) is 64.9 cm³/mol. The van der Waals surface area contributed by atoms with E-state index in [0.29, 0.717) is 11.4 Å². The second-order valence-corrected chi connectivity index (χ2v) is 6.19. The van der Waals surface area contributed by atoms with Gasteiger partial charge in [-0.2, -0.15) is 0 Å². The van der Waals surface area contributed by atoms with Crippen molar-refractivity contribution in [2.75, 3.05) is 20.6 Å². The summed E-state index contributed by atoms with van der Waals surface area (Å²) in [4.78, 5) is 2.42. The zero-order valence-corrected chi connectivity index (χ0v) is 10.5. The molecule has 2 rings (SSSR count). The van der Waals surface area contributed by atoms with Crippen LogP contribution in [0.25, 0.3) is 5.57 Å². The summed E-state index contributed by atoms with van der Waals surface area (Å²) >= 11 is 0. The van der Waals surface area contributed by atoms with Gasteiger partial charge in [-0.05, 0) is 43.8 Å². The molecule has 0 amide bonds. The first-order valence-corrected chi connectivity index (χ1v) is 6.66. The average Bonchev–Trinajstić information content (AvgIpc) is 2.37. The Morgan fingerprint density at radius 1 is 1.25 bits per heavy atom. The number of hydrogen-bond acceptors (Lipinski definition) is 3. The van der Waals surface area contributed by atoms with Crippen LogP contribution in [0.3, 0.4) is 0 Å². The van der Waals surface area contributed by atoms with Gasteiger partial charge in [0.1, 0.15) is 0 Å². The third kappa shape index (κ3) is 1.90. The van der Waals surface area contributed by atoms with Crippen molar-refractivity contribution in [2.45, 2.75) is 11.8 Å². The average molecular weight is 237 g/mol. The van der Waals surface area contributed by atoms with Crippen molar-refractivity contribution in [3.63, 3.8) is 0 Å². The Morgan fingerprint density at radius 3 is 2.56 bits per heavy atom. The van der Waals surface area contributed by atoms with Gasteiger partial charge in [0.05, 0.1) is 4.90 Å². The summed E-state index contributed by atoms with van der Waals surface area (Å²) in [7, 11) is 0.649. The van der Waals surface area contributed by atoms with Crippen LogP contribution in [0.4, 0.5) is 0 Å². The molecule has 0 radical (unpaired) electrons. The minimum Gasteiger partial charge on any atom is -0.305 e. The Labute approximate surface area is 96.3 Å². The van der Waals surface area contributed by atoms with Gasteiger partial charge in [0.25, 0.3) is 0 Å². The highest BCUT2D eigenvalue weighted by Crippen LogP contribution is 2.33. The van der Waals surface area contributed by atoms with Crippen LogP contribution in [0.2, 0.25) is 0 Å². The lowest BCUT2D eigenvalue weighted by atomic mass is 10.1. The summed E-state index contributed by atoms with van der Waals surface area (Å²) in [5.41, 5.74) is 2.70. The van der Waals surface area contributed by atoms with Crippen molar-refractivity contribution >= 4 is 15.4 Å². The summed E-state index contributed by atoms with van der Waals surface area (Å²) in [6.45, 7) is 2.55. The van der Waals surface area contributed by atoms with Crippen LogP contribution < -0.4 is 0 Å². The summed E-state index contributed by atoms with van der Waals surface area (Å²) in [6.07, 6.45) is 0. The Hall–Kier alpha value is -1.13. The minimum absolute atomic E-state index is 0.448. The Morgan fingerprint density at radius 2 is 1.94 bits per heavy atom. The second-order valence-electron chi connectivity index (χ2n) is 4.43. The van der Waals surface area contributed by atoms with E-state index >= 15 is 0 Å². The molecule has 0 bridgehead atoms. The van der Waals surface area contributed by atoms with Gasteiger partial charge in [-0.1, -0.05) is 12.1 Å². The molecular weight excluding hydrogens is 222 g/mol. The van der Waals surface area contributed by atoms with Crippen LogP contribution in [-0.4, -0.2) is 34.0 Å². The van der Waals surface area contributed by atoms with Crippen molar-refractivity contribution in [1.82, 2.24) is 4.90 Å². The lowest BCUT2D eigenvalue weighted by molar-refractivity contribution is 0.463. The Kier molecular flexibility index (Phi) is 2.64. The van der Waals surface area contributed by atoms with Gasteiger partial charge in [0.15, 0.2) is 0 Å². The Bertz CT molecular complexity index is 556. The Balaban J connectivity index is 2.56. The summed E-state index contributed by atoms with van der Waals surface area (Å²) in [6, 6.07) is 5.58. The SMILES string of the molecule is Cc1ccc2c(c1)S(=O)(=O)C=C2CN(C)C. The molecule has 3 nitrogen and oxygen atoms in total. The number of fused-ring (bicyclic) bond motifs is 1. The normalized spacial score (nSPS) is 17.4. The van der Waals surface area contributed by atoms with Gasteiger partial charge in [-0.25, -0.2) is 8.42 Å². The highest BCUT2D eigenvalue weighted by atomic mass is 32.2. The van der Waals surface area contributed by atoms with Crippen LogP contribution in [0.5, 0.6) is 0 Å². The predicted octanol–water partition coefficient (Wildman–Crippen LogP) is 1.68. The van der Waals surface area contributed by atoms with Crippen molar-refractivity contribution in [3.8, 4) is 0 Å². The van der Waals surface area contributed by atoms with E-state index < -0.39 is 9.84 Å². The molecule has 0 fully saturated rings. The largest absolute Gasteiger partial charge is 0.305 e. The zero-order valence-electron chi connectivity index (χ0n) is 9.69. The molecule has 1 aromatic rings. The molecule has 0 atom stereocenters. The fourth-order valence-electron chi connectivity index (χ4n) is 1.91. The van der Waals surface area contributed by atoms with Gasteiger partial charge in [-0.3, -0.25) is 0 Å². The summed E-state index contributed by atoms with van der Waals surface area (Å²) < 4.78 is 23.8. The van der Waals surface area contributed by atoms with E-state index in [2.05, 4.69) is 0 Å². The van der Waals surface area contributed by atoms with Crippen LogP contribution in [0, 0.1) is 6.92 Å². The van der Waals surface area contributed by atoms with Crippen molar-refractivity contribution in [1.29, 1.82) is 0 Å². The molecule has 0 saturated heterocycles. The maximum atomic E-state index is 11.9. The molecule has 1 aliphatic rings. The zero-order chi connectivity index (χ0) is 11.9. The van der Waals surface area contributed by atoms with Gasteiger partial charge < -0.3 is 4.90 Å². The standard InChI is InChI=1S/C12H15NO2S/c1-9-4-5-11-10(7-13(2)3)8-16(14,15)12(11)6-9/h4-6,8H,7H2,1-3H3. The molecule has 0 aromatic heterocycles. The first-order valence-electron chi connectivity index (χ1n) is 5.11. The second kappa shape index (κ2) is 3.71. The van der Waals surface area contributed by atoms with E-state index in [1.165, 1.54) is 5.41 Å². The number of hydrogen-bond donors (Lipinski definition) is 0. The third-order valence-electron chi connectivity index (χ3n) is 2.57. The van der Waals surface area contributed by atoms with E-state index in [-0.39, 0.29) is 0 Å². The van der Waals surface area contributed by atoms with Crippen molar-refractivity contribution in [2.24, 2.45) is 0 Å². The van der Waals surface area contributed by atoms with Crippen LogP contribution in [0.15, 0.2) is 28.5 Å². The van der Waals surface area contributed by atoms with Crippen LogP contribution in [0.1, 0.15) is 11.1 Å². The molecule has 1 aliphatic heterocycles. The number of rotatable bonds is 2. The highest BCUT2D eigenvalue weighted by molar-refractivity contribution is 7.95. The third-order valence-corrected chi connectivity index (χ3v) is 4.12. The molecule has 0 N–H and O–H groups in total. The van der Waals surface area contributed by atoms with Gasteiger partial charge >= 0.3 is 0 Å². The molecule has 16 heavy (non-hydrogen) atoms. The molecular formula is C12H15NO2S. The number of nitrogens with zero attached hydrogens (tertiary/aromatic N) is 1. The highest BCUT2D eigenvalue weighted by Gasteiger charge is 2.26. The molecule has 86 valence electrons. The van der Waals surface area contributed by atoms with Crippen molar-refractivity contribution in [3.05, 3.63) is 34.7 Å². The first kappa shape index (κ1) is 11.4. The lowest BCUT2D eigenvalue weighted by Gasteiger charge is -2.11. The summed E-state index contributed by atoms with van der Waals surface area (Å²) in [5, 5.41) is 1.39. The monoisotopic (exact) mass is 237 g/mol. The quantitative estimate of drug-likeness (QED) is 0.785.